The van der Waals surface area contributed by atoms with Crippen molar-refractivity contribution in [2.75, 3.05) is 0 Å². The quantitative estimate of drug-likeness (QED) is 0.643. The summed E-state index contributed by atoms with van der Waals surface area (Å²) in [6, 6.07) is 16.1. The predicted molar refractivity (Wildman–Crippen MR) is 79.8 cm³/mol. The Kier molecular flexibility index (Phi) is 2.64. The van der Waals surface area contributed by atoms with Gasteiger partial charge in [-0.25, -0.2) is 0 Å². The molecule has 0 N–H and O–H groups in total. The normalized spacial score (nSPS) is 12.8. The van der Waals surface area contributed by atoms with Gasteiger partial charge in [0.05, 0.1) is 0 Å². The van der Waals surface area contributed by atoms with Gasteiger partial charge in [-0.05, 0) is 30.5 Å². The lowest BCUT2D eigenvalue weighted by molar-refractivity contribution is 0.433. The minimum absolute atomic E-state index is 0.733. The molecular formula is C17H12ClNO. The van der Waals surface area contributed by atoms with Crippen LogP contribution in [0, 0.1) is 0 Å². The van der Waals surface area contributed by atoms with Crippen molar-refractivity contribution in [1.29, 1.82) is 0 Å². The summed E-state index contributed by atoms with van der Waals surface area (Å²) in [5.74, 6) is 0.914. The van der Waals surface area contributed by atoms with Gasteiger partial charge < -0.3 is 4.52 Å². The van der Waals surface area contributed by atoms with Crippen molar-refractivity contribution in [2.45, 2.75) is 12.8 Å². The lowest BCUT2D eigenvalue weighted by Crippen LogP contribution is -2.02. The lowest BCUT2D eigenvalue weighted by atomic mass is 9.88. The van der Waals surface area contributed by atoms with Gasteiger partial charge in [0, 0.05) is 21.7 Å². The van der Waals surface area contributed by atoms with E-state index in [1.165, 1.54) is 16.7 Å². The smallest absolute Gasteiger partial charge is 0.170 e. The topological polar surface area (TPSA) is 26.0 Å². The third-order valence-corrected chi connectivity index (χ3v) is 4.06. The zero-order valence-electron chi connectivity index (χ0n) is 10.8. The molecule has 0 saturated heterocycles. The summed E-state index contributed by atoms with van der Waals surface area (Å²) >= 11 is 5.94. The van der Waals surface area contributed by atoms with Gasteiger partial charge in [0.2, 0.25) is 0 Å². The fourth-order valence-electron chi connectivity index (χ4n) is 2.81. The number of rotatable bonds is 1. The molecule has 1 aliphatic carbocycles. The van der Waals surface area contributed by atoms with Crippen LogP contribution in [0.4, 0.5) is 0 Å². The van der Waals surface area contributed by atoms with Crippen molar-refractivity contribution in [3.05, 3.63) is 64.7 Å². The highest BCUT2D eigenvalue weighted by atomic mass is 35.5. The van der Waals surface area contributed by atoms with Crippen molar-refractivity contribution in [2.24, 2.45) is 0 Å². The Labute approximate surface area is 122 Å². The van der Waals surface area contributed by atoms with E-state index in [1.54, 1.807) is 0 Å². The summed E-state index contributed by atoms with van der Waals surface area (Å²) < 4.78 is 5.62. The molecule has 0 unspecified atom stereocenters. The monoisotopic (exact) mass is 281 g/mol. The molecule has 2 nitrogen and oxygen atoms in total. The lowest BCUT2D eigenvalue weighted by Gasteiger charge is -2.14. The molecule has 3 aromatic rings. The fraction of sp³-hybridized carbons (Fsp3) is 0.118. The van der Waals surface area contributed by atoms with Crippen molar-refractivity contribution < 1.29 is 4.52 Å². The number of nitrogens with zero attached hydrogens (tertiary/aromatic N) is 1. The molecule has 0 saturated carbocycles. The minimum atomic E-state index is 0.733. The van der Waals surface area contributed by atoms with Crippen LogP contribution in [0.3, 0.4) is 0 Å². The first-order chi connectivity index (χ1) is 9.83. The van der Waals surface area contributed by atoms with E-state index in [0.717, 1.165) is 34.9 Å². The number of benzene rings is 2. The zero-order valence-corrected chi connectivity index (χ0v) is 11.5. The second-order valence-electron chi connectivity index (χ2n) is 5.00. The Hall–Kier alpha value is -2.06. The number of fused-ring (bicyclic) bond motifs is 3. The Morgan fingerprint density at radius 2 is 1.75 bits per heavy atom. The maximum absolute atomic E-state index is 5.94. The molecule has 1 heterocycles. The molecular weight excluding hydrogens is 270 g/mol. The van der Waals surface area contributed by atoms with E-state index in [9.17, 15) is 0 Å². The first-order valence-corrected chi connectivity index (χ1v) is 7.03. The number of hydrogen-bond donors (Lipinski definition) is 0. The first-order valence-electron chi connectivity index (χ1n) is 6.66. The van der Waals surface area contributed by atoms with Gasteiger partial charge in [0.15, 0.2) is 5.76 Å². The maximum atomic E-state index is 5.94. The highest BCUT2D eigenvalue weighted by Crippen LogP contribution is 2.38. The number of hydrogen-bond acceptors (Lipinski definition) is 2. The van der Waals surface area contributed by atoms with Gasteiger partial charge in [-0.15, -0.1) is 0 Å². The molecule has 20 heavy (non-hydrogen) atoms. The largest absolute Gasteiger partial charge is 0.355 e. The van der Waals surface area contributed by atoms with E-state index in [-0.39, 0.29) is 0 Å². The van der Waals surface area contributed by atoms with Crippen LogP contribution in [0.5, 0.6) is 0 Å². The number of aryl methyl sites for hydroxylation is 1. The molecule has 0 bridgehead atoms. The molecule has 0 aliphatic heterocycles. The Morgan fingerprint density at radius 3 is 2.60 bits per heavy atom. The summed E-state index contributed by atoms with van der Waals surface area (Å²) in [5.41, 5.74) is 5.69. The Morgan fingerprint density at radius 1 is 0.950 bits per heavy atom. The standard InChI is InChI=1S/C17H12ClNO/c18-13-8-5-12(6-9-13)16-15-10-7-11-3-1-2-4-14(11)17(15)20-19-16/h1-6,8-9H,7,10H2. The Bertz CT molecular complexity index is 774. The molecule has 0 atom stereocenters. The number of aromatic nitrogens is 1. The molecule has 4 rings (SSSR count). The van der Waals surface area contributed by atoms with Crippen molar-refractivity contribution in [1.82, 2.24) is 5.16 Å². The summed E-state index contributed by atoms with van der Waals surface area (Å²) in [7, 11) is 0. The first kappa shape index (κ1) is 11.7. The van der Waals surface area contributed by atoms with E-state index in [2.05, 4.69) is 23.4 Å². The third kappa shape index (κ3) is 1.76. The molecule has 3 heteroatoms. The van der Waals surface area contributed by atoms with Crippen molar-refractivity contribution in [3.63, 3.8) is 0 Å². The van der Waals surface area contributed by atoms with E-state index < -0.39 is 0 Å². The zero-order chi connectivity index (χ0) is 13.5. The fourth-order valence-corrected chi connectivity index (χ4v) is 2.93. The van der Waals surface area contributed by atoms with Crippen LogP contribution in [0.2, 0.25) is 5.02 Å². The SMILES string of the molecule is Clc1ccc(-c2noc3c2CCc2ccccc2-3)cc1. The minimum Gasteiger partial charge on any atom is -0.355 e. The molecule has 0 amide bonds. The van der Waals surface area contributed by atoms with Gasteiger partial charge in [-0.3, -0.25) is 0 Å². The molecule has 0 spiro atoms. The van der Waals surface area contributed by atoms with Gasteiger partial charge in [-0.1, -0.05) is 53.2 Å². The van der Waals surface area contributed by atoms with E-state index >= 15 is 0 Å². The van der Waals surface area contributed by atoms with Crippen LogP contribution < -0.4 is 0 Å². The summed E-state index contributed by atoms with van der Waals surface area (Å²) in [6.07, 6.45) is 2.00. The van der Waals surface area contributed by atoms with Crippen LogP contribution in [0.25, 0.3) is 22.6 Å². The van der Waals surface area contributed by atoms with Crippen molar-refractivity contribution in [3.8, 4) is 22.6 Å². The second-order valence-corrected chi connectivity index (χ2v) is 5.44. The second kappa shape index (κ2) is 4.50. The average molecular weight is 282 g/mol. The maximum Gasteiger partial charge on any atom is 0.170 e. The highest BCUT2D eigenvalue weighted by molar-refractivity contribution is 6.30. The molecule has 0 radical (unpaired) electrons. The van der Waals surface area contributed by atoms with Crippen LogP contribution in [-0.4, -0.2) is 5.16 Å². The third-order valence-electron chi connectivity index (χ3n) is 3.81. The summed E-state index contributed by atoms with van der Waals surface area (Å²) in [6.45, 7) is 0. The highest BCUT2D eigenvalue weighted by Gasteiger charge is 2.24. The van der Waals surface area contributed by atoms with E-state index in [4.69, 9.17) is 16.1 Å². The van der Waals surface area contributed by atoms with Crippen LogP contribution in [0.15, 0.2) is 53.1 Å². The van der Waals surface area contributed by atoms with E-state index in [1.807, 2.05) is 30.3 Å². The van der Waals surface area contributed by atoms with E-state index in [0.29, 0.717) is 0 Å². The van der Waals surface area contributed by atoms with Gasteiger partial charge in [0.25, 0.3) is 0 Å². The molecule has 1 aliphatic rings. The van der Waals surface area contributed by atoms with Gasteiger partial charge in [0.1, 0.15) is 5.69 Å². The molecule has 1 aromatic heterocycles. The summed E-state index contributed by atoms with van der Waals surface area (Å²) in [4.78, 5) is 0. The van der Waals surface area contributed by atoms with Crippen LogP contribution in [-0.2, 0) is 12.8 Å². The van der Waals surface area contributed by atoms with Gasteiger partial charge in [-0.2, -0.15) is 0 Å². The predicted octanol–water partition coefficient (Wildman–Crippen LogP) is 4.76. The number of halogens is 1. The average Bonchev–Trinajstić information content (AvgIpc) is 2.92. The van der Waals surface area contributed by atoms with Crippen molar-refractivity contribution >= 4 is 11.6 Å². The molecule has 0 fully saturated rings. The van der Waals surface area contributed by atoms with Crippen LogP contribution >= 0.6 is 11.6 Å². The summed E-state index contributed by atoms with van der Waals surface area (Å²) in [5, 5.41) is 5.01. The molecule has 2 aromatic carbocycles. The molecule has 98 valence electrons. The Balaban J connectivity index is 1.87. The van der Waals surface area contributed by atoms with Gasteiger partial charge >= 0.3 is 0 Å². The van der Waals surface area contributed by atoms with Crippen LogP contribution in [0.1, 0.15) is 11.1 Å².